The Kier molecular flexibility index (Phi) is 4.18. The van der Waals surface area contributed by atoms with Crippen LogP contribution < -0.4 is 16.4 Å². The summed E-state index contributed by atoms with van der Waals surface area (Å²) in [6.45, 7) is 0. The van der Waals surface area contributed by atoms with Crippen molar-refractivity contribution in [2.75, 3.05) is 10.6 Å². The summed E-state index contributed by atoms with van der Waals surface area (Å²) < 4.78 is 27.4. The minimum absolute atomic E-state index is 0.117. The summed E-state index contributed by atoms with van der Waals surface area (Å²) in [6, 6.07) is 8.04. The lowest BCUT2D eigenvalue weighted by Gasteiger charge is -2.24. The van der Waals surface area contributed by atoms with Crippen LogP contribution in [0.4, 0.5) is 20.2 Å². The van der Waals surface area contributed by atoms with E-state index < -0.39 is 34.9 Å². The SMILES string of the molecule is NC(=O)c1cc(NC(=O)[C@@H]2CC(=O)Nc3ccccc32)c(F)cc1F. The van der Waals surface area contributed by atoms with E-state index in [9.17, 15) is 23.2 Å². The summed E-state index contributed by atoms with van der Waals surface area (Å²) in [4.78, 5) is 35.5. The second-order valence-electron chi connectivity index (χ2n) is 5.56. The maximum atomic E-state index is 13.9. The van der Waals surface area contributed by atoms with Gasteiger partial charge in [-0.3, -0.25) is 14.4 Å². The molecule has 0 saturated carbocycles. The topological polar surface area (TPSA) is 101 Å². The maximum Gasteiger partial charge on any atom is 0.251 e. The van der Waals surface area contributed by atoms with Crippen LogP contribution in [-0.2, 0) is 9.59 Å². The molecule has 1 aliphatic heterocycles. The zero-order valence-electron chi connectivity index (χ0n) is 12.8. The molecule has 6 nitrogen and oxygen atoms in total. The number of rotatable bonds is 3. The number of benzene rings is 2. The van der Waals surface area contributed by atoms with Crippen molar-refractivity contribution in [3.8, 4) is 0 Å². The molecule has 3 amide bonds. The number of hydrogen-bond acceptors (Lipinski definition) is 3. The fourth-order valence-electron chi connectivity index (χ4n) is 2.70. The van der Waals surface area contributed by atoms with Gasteiger partial charge in [-0.25, -0.2) is 8.78 Å². The Bertz CT molecular complexity index is 899. The van der Waals surface area contributed by atoms with Crippen molar-refractivity contribution in [1.29, 1.82) is 0 Å². The Balaban J connectivity index is 1.92. The van der Waals surface area contributed by atoms with Crippen molar-refractivity contribution in [2.45, 2.75) is 12.3 Å². The van der Waals surface area contributed by atoms with Gasteiger partial charge in [-0.15, -0.1) is 0 Å². The van der Waals surface area contributed by atoms with E-state index in [1.54, 1.807) is 24.3 Å². The molecule has 1 heterocycles. The molecule has 128 valence electrons. The molecule has 2 aromatic carbocycles. The van der Waals surface area contributed by atoms with Crippen molar-refractivity contribution >= 4 is 29.1 Å². The van der Waals surface area contributed by atoms with Crippen LogP contribution in [0.2, 0.25) is 0 Å². The largest absolute Gasteiger partial charge is 0.366 e. The van der Waals surface area contributed by atoms with Gasteiger partial charge in [0, 0.05) is 18.2 Å². The highest BCUT2D eigenvalue weighted by Crippen LogP contribution is 2.33. The summed E-state index contributed by atoms with van der Waals surface area (Å²) in [6.07, 6.45) is -0.117. The third kappa shape index (κ3) is 3.18. The molecule has 0 radical (unpaired) electrons. The minimum Gasteiger partial charge on any atom is -0.366 e. The average Bonchev–Trinajstić information content (AvgIpc) is 2.56. The van der Waals surface area contributed by atoms with Crippen LogP contribution in [0.15, 0.2) is 36.4 Å². The van der Waals surface area contributed by atoms with Crippen molar-refractivity contribution in [3.63, 3.8) is 0 Å². The minimum atomic E-state index is -1.12. The van der Waals surface area contributed by atoms with Crippen LogP contribution in [0, 0.1) is 11.6 Å². The highest BCUT2D eigenvalue weighted by Gasteiger charge is 2.31. The predicted molar refractivity (Wildman–Crippen MR) is 85.9 cm³/mol. The summed E-state index contributed by atoms with van der Waals surface area (Å²) in [5.41, 5.74) is 5.17. The van der Waals surface area contributed by atoms with Crippen molar-refractivity contribution in [1.82, 2.24) is 0 Å². The number of nitrogens with two attached hydrogens (primary N) is 1. The first-order chi connectivity index (χ1) is 11.9. The molecule has 0 fully saturated rings. The summed E-state index contributed by atoms with van der Waals surface area (Å²) in [5, 5.41) is 4.94. The zero-order chi connectivity index (χ0) is 18.1. The normalized spacial score (nSPS) is 15.9. The number of nitrogens with one attached hydrogen (secondary N) is 2. The van der Waals surface area contributed by atoms with Gasteiger partial charge in [-0.1, -0.05) is 18.2 Å². The number of halogens is 2. The quantitative estimate of drug-likeness (QED) is 0.794. The lowest BCUT2D eigenvalue weighted by Crippen LogP contribution is -2.31. The number of amides is 3. The molecule has 0 bridgehead atoms. The first-order valence-electron chi connectivity index (χ1n) is 7.35. The molecule has 0 aliphatic carbocycles. The van der Waals surface area contributed by atoms with Crippen LogP contribution >= 0.6 is 0 Å². The number of carbonyl (C=O) groups is 3. The third-order valence-electron chi connectivity index (χ3n) is 3.90. The van der Waals surface area contributed by atoms with Gasteiger partial charge in [0.05, 0.1) is 17.2 Å². The van der Waals surface area contributed by atoms with E-state index in [-0.39, 0.29) is 18.0 Å². The highest BCUT2D eigenvalue weighted by molar-refractivity contribution is 6.05. The molecular weight excluding hydrogens is 332 g/mol. The molecule has 0 saturated heterocycles. The van der Waals surface area contributed by atoms with Gasteiger partial charge in [0.15, 0.2) is 0 Å². The van der Waals surface area contributed by atoms with Gasteiger partial charge in [-0.05, 0) is 17.7 Å². The van der Waals surface area contributed by atoms with Gasteiger partial charge in [0.25, 0.3) is 5.91 Å². The summed E-state index contributed by atoms with van der Waals surface area (Å²) in [7, 11) is 0. The molecular formula is C17H13F2N3O3. The van der Waals surface area contributed by atoms with Crippen LogP contribution in [0.3, 0.4) is 0 Å². The van der Waals surface area contributed by atoms with E-state index in [4.69, 9.17) is 5.73 Å². The first-order valence-corrected chi connectivity index (χ1v) is 7.35. The summed E-state index contributed by atoms with van der Waals surface area (Å²) in [5.74, 6) is -5.10. The number of primary amides is 1. The second kappa shape index (κ2) is 6.31. The number of anilines is 2. The van der Waals surface area contributed by atoms with E-state index in [1.165, 1.54) is 0 Å². The smallest absolute Gasteiger partial charge is 0.251 e. The van der Waals surface area contributed by atoms with Crippen LogP contribution in [0.5, 0.6) is 0 Å². The molecule has 25 heavy (non-hydrogen) atoms. The molecule has 0 spiro atoms. The fraction of sp³-hybridized carbons (Fsp3) is 0.118. The maximum absolute atomic E-state index is 13.9. The Morgan fingerprint density at radius 1 is 1.16 bits per heavy atom. The molecule has 1 atom stereocenters. The van der Waals surface area contributed by atoms with Crippen molar-refractivity contribution in [3.05, 3.63) is 59.2 Å². The van der Waals surface area contributed by atoms with Crippen LogP contribution in [-0.4, -0.2) is 17.7 Å². The Morgan fingerprint density at radius 3 is 2.60 bits per heavy atom. The Labute approximate surface area is 141 Å². The lowest BCUT2D eigenvalue weighted by molar-refractivity contribution is -0.123. The first kappa shape index (κ1) is 16.6. The number of hydrogen-bond donors (Lipinski definition) is 3. The van der Waals surface area contributed by atoms with E-state index in [2.05, 4.69) is 10.6 Å². The van der Waals surface area contributed by atoms with E-state index >= 15 is 0 Å². The monoisotopic (exact) mass is 345 g/mol. The average molecular weight is 345 g/mol. The van der Waals surface area contributed by atoms with Crippen LogP contribution in [0.25, 0.3) is 0 Å². The summed E-state index contributed by atoms with van der Waals surface area (Å²) >= 11 is 0. The number of carbonyl (C=O) groups excluding carboxylic acids is 3. The van der Waals surface area contributed by atoms with E-state index in [0.29, 0.717) is 17.3 Å². The molecule has 1 aliphatic rings. The standard InChI is InChI=1S/C17H13F2N3O3/c18-11-7-12(19)14(5-10(11)16(20)24)22-17(25)9-6-15(23)21-13-4-2-1-3-8(9)13/h1-5,7,9H,6H2,(H2,20,24)(H,21,23)(H,22,25)/t9-/m1/s1. The van der Waals surface area contributed by atoms with E-state index in [1.807, 2.05) is 0 Å². The highest BCUT2D eigenvalue weighted by atomic mass is 19.1. The molecule has 4 N–H and O–H groups in total. The molecule has 0 aromatic heterocycles. The second-order valence-corrected chi connectivity index (χ2v) is 5.56. The van der Waals surface area contributed by atoms with Gasteiger partial charge >= 0.3 is 0 Å². The Morgan fingerprint density at radius 2 is 1.88 bits per heavy atom. The number of fused-ring (bicyclic) bond motifs is 1. The van der Waals surface area contributed by atoms with Gasteiger partial charge in [-0.2, -0.15) is 0 Å². The van der Waals surface area contributed by atoms with Gasteiger partial charge < -0.3 is 16.4 Å². The van der Waals surface area contributed by atoms with Gasteiger partial charge in [0.2, 0.25) is 11.8 Å². The number of para-hydroxylation sites is 1. The van der Waals surface area contributed by atoms with Crippen LogP contribution in [0.1, 0.15) is 28.3 Å². The lowest BCUT2D eigenvalue weighted by atomic mass is 9.89. The molecule has 0 unspecified atom stereocenters. The molecule has 3 rings (SSSR count). The Hall–Kier alpha value is -3.29. The predicted octanol–water partition coefficient (Wildman–Crippen LogP) is 2.13. The van der Waals surface area contributed by atoms with Crippen molar-refractivity contribution < 1.29 is 23.2 Å². The molecule has 8 heteroatoms. The third-order valence-corrected chi connectivity index (χ3v) is 3.90. The van der Waals surface area contributed by atoms with E-state index in [0.717, 1.165) is 6.07 Å². The zero-order valence-corrected chi connectivity index (χ0v) is 12.8. The fourth-order valence-corrected chi connectivity index (χ4v) is 2.70. The van der Waals surface area contributed by atoms with Crippen molar-refractivity contribution in [2.24, 2.45) is 5.73 Å². The molecule has 2 aromatic rings. The van der Waals surface area contributed by atoms with Gasteiger partial charge in [0.1, 0.15) is 11.6 Å².